The summed E-state index contributed by atoms with van der Waals surface area (Å²) in [6.45, 7) is 4.20. The Morgan fingerprint density at radius 3 is 2.60 bits per heavy atom. The number of rotatable bonds is 11. The molecule has 4 aromatic carbocycles. The van der Waals surface area contributed by atoms with Crippen LogP contribution in [0.1, 0.15) is 65.0 Å². The highest BCUT2D eigenvalue weighted by atomic mass is 16.5. The molecule has 0 aliphatic carbocycles. The minimum absolute atomic E-state index is 0.0689. The fourth-order valence-electron chi connectivity index (χ4n) is 6.09. The summed E-state index contributed by atoms with van der Waals surface area (Å²) >= 11 is 0. The summed E-state index contributed by atoms with van der Waals surface area (Å²) in [6, 6.07) is 22.1. The monoisotopic (exact) mass is 645 g/mol. The molecule has 244 valence electrons. The maximum absolute atomic E-state index is 13.7. The van der Waals surface area contributed by atoms with Crippen molar-refractivity contribution in [2.45, 2.75) is 52.2 Å². The number of carbonyl (C=O) groups excluding carboxylic acids is 4. The van der Waals surface area contributed by atoms with E-state index in [0.29, 0.717) is 64.6 Å². The van der Waals surface area contributed by atoms with Crippen LogP contribution >= 0.6 is 0 Å². The van der Waals surface area contributed by atoms with Crippen LogP contribution in [0, 0.1) is 0 Å². The number of amides is 2. The van der Waals surface area contributed by atoms with Crippen LogP contribution < -0.4 is 10.2 Å². The number of hydrogen-bond acceptors (Lipinski definition) is 8. The predicted octanol–water partition coefficient (Wildman–Crippen LogP) is 5.55. The zero-order valence-corrected chi connectivity index (χ0v) is 26.7. The van der Waals surface area contributed by atoms with Crippen molar-refractivity contribution in [2.24, 2.45) is 0 Å². The second kappa shape index (κ2) is 13.9. The summed E-state index contributed by atoms with van der Waals surface area (Å²) in [6.07, 6.45) is 3.43. The van der Waals surface area contributed by atoms with Crippen LogP contribution in [0.5, 0.6) is 5.75 Å². The number of nitrogens with zero attached hydrogens (tertiary/aromatic N) is 4. The third-order valence-corrected chi connectivity index (χ3v) is 8.38. The van der Waals surface area contributed by atoms with E-state index in [4.69, 9.17) is 4.74 Å². The van der Waals surface area contributed by atoms with Crippen LogP contribution in [0.2, 0.25) is 0 Å². The first-order valence-corrected chi connectivity index (χ1v) is 15.9. The van der Waals surface area contributed by atoms with Gasteiger partial charge in [0, 0.05) is 42.1 Å². The first-order chi connectivity index (χ1) is 23.3. The molecule has 1 unspecified atom stereocenters. The second-order valence-corrected chi connectivity index (χ2v) is 11.8. The Balaban J connectivity index is 1.35. The van der Waals surface area contributed by atoms with Gasteiger partial charge in [0.2, 0.25) is 11.8 Å². The molecular formula is C37H35N5O6. The average molecular weight is 646 g/mol. The molecule has 0 saturated carbocycles. The van der Waals surface area contributed by atoms with Gasteiger partial charge in [-0.15, -0.1) is 5.10 Å². The smallest absolute Gasteiger partial charge is 0.339 e. The number of carbonyl (C=O) groups is 4. The largest absolute Gasteiger partial charge is 0.507 e. The summed E-state index contributed by atoms with van der Waals surface area (Å²) in [5.41, 5.74) is 4.08. The molecule has 1 aliphatic rings. The summed E-state index contributed by atoms with van der Waals surface area (Å²) in [5.74, 6) is -1.00. The molecule has 1 aliphatic heterocycles. The Kier molecular flexibility index (Phi) is 9.29. The lowest BCUT2D eigenvalue weighted by atomic mass is 9.88. The third kappa shape index (κ3) is 6.39. The fraction of sp³-hybridized carbons (Fsp3) is 0.243. The quantitative estimate of drug-likeness (QED) is 0.141. The molecule has 2 amide bonds. The lowest BCUT2D eigenvalue weighted by molar-refractivity contribution is -0.121. The second-order valence-electron chi connectivity index (χ2n) is 11.8. The standard InChI is InChI=1S/C37H35N5O6/c1-3-9-33(44)38-17-16-34(45)41(20-24-10-5-4-6-11-24)32-13-8-7-12-27(32)31-21-42(40-39-31)25-14-15-26-29(19-25)36(46)30(22-43)28-18-23(2)48-37(47)35(26)28/h4-8,10-15,19,21-23,46H,3,9,16-18,20H2,1-2H3,(H,38,44). The van der Waals surface area contributed by atoms with E-state index in [-0.39, 0.29) is 41.7 Å². The predicted molar refractivity (Wildman–Crippen MR) is 180 cm³/mol. The minimum Gasteiger partial charge on any atom is -0.507 e. The number of ether oxygens (including phenoxy) is 1. The van der Waals surface area contributed by atoms with Gasteiger partial charge in [0.05, 0.1) is 35.2 Å². The molecule has 11 nitrogen and oxygen atoms in total. The number of para-hydroxylation sites is 1. The van der Waals surface area contributed by atoms with Gasteiger partial charge in [-0.25, -0.2) is 9.48 Å². The topological polar surface area (TPSA) is 144 Å². The van der Waals surface area contributed by atoms with E-state index in [2.05, 4.69) is 15.6 Å². The van der Waals surface area contributed by atoms with Gasteiger partial charge in [-0.2, -0.15) is 0 Å². The van der Waals surface area contributed by atoms with Gasteiger partial charge in [0.15, 0.2) is 6.29 Å². The summed E-state index contributed by atoms with van der Waals surface area (Å²) < 4.78 is 6.97. The molecule has 1 atom stereocenters. The number of esters is 1. The van der Waals surface area contributed by atoms with Crippen LogP contribution in [0.25, 0.3) is 27.7 Å². The van der Waals surface area contributed by atoms with Crippen LogP contribution in [0.3, 0.4) is 0 Å². The number of fused-ring (bicyclic) bond motifs is 3. The normalized spacial score (nSPS) is 13.9. The minimum atomic E-state index is -0.540. The molecule has 0 saturated heterocycles. The first kappa shape index (κ1) is 32.1. The number of aldehydes is 1. The Labute approximate surface area is 277 Å². The molecule has 5 aromatic rings. The van der Waals surface area contributed by atoms with Crippen molar-refractivity contribution in [1.29, 1.82) is 0 Å². The molecule has 0 radical (unpaired) electrons. The average Bonchev–Trinajstić information content (AvgIpc) is 3.58. The Morgan fingerprint density at radius 2 is 1.83 bits per heavy atom. The highest BCUT2D eigenvalue weighted by molar-refractivity contribution is 6.12. The van der Waals surface area contributed by atoms with Crippen molar-refractivity contribution in [3.8, 4) is 22.7 Å². The van der Waals surface area contributed by atoms with Crippen LogP contribution in [0.15, 0.2) is 79.0 Å². The van der Waals surface area contributed by atoms with Crippen molar-refractivity contribution >= 4 is 40.5 Å². The molecule has 0 fully saturated rings. The molecule has 48 heavy (non-hydrogen) atoms. The highest BCUT2D eigenvalue weighted by Crippen LogP contribution is 2.39. The van der Waals surface area contributed by atoms with E-state index in [1.807, 2.05) is 61.5 Å². The van der Waals surface area contributed by atoms with Gasteiger partial charge < -0.3 is 20.1 Å². The Hall–Kier alpha value is -5.84. The molecule has 2 heterocycles. The number of phenolic OH excluding ortho intramolecular Hbond substituents is 1. The SMILES string of the molecule is CCCC(=O)NCCC(=O)N(Cc1ccccc1)c1ccccc1-c1cn(-c2ccc3c4c(c(C=O)c(O)c3c2)CC(C)OC4=O)nn1. The van der Waals surface area contributed by atoms with E-state index < -0.39 is 12.1 Å². The summed E-state index contributed by atoms with van der Waals surface area (Å²) in [7, 11) is 0. The number of aromatic hydroxyl groups is 1. The molecule has 1 aromatic heterocycles. The summed E-state index contributed by atoms with van der Waals surface area (Å²) in [5, 5.41) is 23.5. The number of benzene rings is 4. The lowest BCUT2D eigenvalue weighted by Crippen LogP contribution is -2.34. The highest BCUT2D eigenvalue weighted by Gasteiger charge is 2.31. The van der Waals surface area contributed by atoms with Crippen molar-refractivity contribution in [3.05, 3.63) is 101 Å². The van der Waals surface area contributed by atoms with Crippen LogP contribution in [-0.2, 0) is 27.3 Å². The Morgan fingerprint density at radius 1 is 1.06 bits per heavy atom. The number of aromatic nitrogens is 3. The molecular weight excluding hydrogens is 610 g/mol. The van der Waals surface area contributed by atoms with Crippen LogP contribution in [-0.4, -0.2) is 56.8 Å². The molecule has 11 heteroatoms. The van der Waals surface area contributed by atoms with Gasteiger partial charge in [0.1, 0.15) is 17.5 Å². The zero-order valence-electron chi connectivity index (χ0n) is 26.7. The lowest BCUT2D eigenvalue weighted by Gasteiger charge is -2.25. The number of hydrogen-bond donors (Lipinski definition) is 2. The molecule has 2 N–H and O–H groups in total. The van der Waals surface area contributed by atoms with E-state index in [1.165, 1.54) is 4.68 Å². The number of anilines is 1. The van der Waals surface area contributed by atoms with Gasteiger partial charge in [0.25, 0.3) is 0 Å². The summed E-state index contributed by atoms with van der Waals surface area (Å²) in [4.78, 5) is 52.3. The van der Waals surface area contributed by atoms with Crippen molar-refractivity contribution in [3.63, 3.8) is 0 Å². The Bertz CT molecular complexity index is 2020. The third-order valence-electron chi connectivity index (χ3n) is 8.38. The van der Waals surface area contributed by atoms with Crippen molar-refractivity contribution in [2.75, 3.05) is 11.4 Å². The fourth-order valence-corrected chi connectivity index (χ4v) is 6.09. The maximum atomic E-state index is 13.7. The van der Waals surface area contributed by atoms with E-state index in [9.17, 15) is 24.3 Å². The first-order valence-electron chi connectivity index (χ1n) is 15.9. The number of cyclic esters (lactones) is 1. The van der Waals surface area contributed by atoms with E-state index in [1.54, 1.807) is 36.2 Å². The molecule has 6 rings (SSSR count). The maximum Gasteiger partial charge on any atom is 0.339 e. The van der Waals surface area contributed by atoms with Crippen molar-refractivity contribution in [1.82, 2.24) is 20.3 Å². The van der Waals surface area contributed by atoms with Crippen LogP contribution in [0.4, 0.5) is 5.69 Å². The van der Waals surface area contributed by atoms with E-state index >= 15 is 0 Å². The van der Waals surface area contributed by atoms with E-state index in [0.717, 1.165) is 12.0 Å². The van der Waals surface area contributed by atoms with Gasteiger partial charge in [-0.1, -0.05) is 66.7 Å². The number of nitrogens with one attached hydrogen (secondary N) is 1. The van der Waals surface area contributed by atoms with Gasteiger partial charge >= 0.3 is 5.97 Å². The van der Waals surface area contributed by atoms with Gasteiger partial charge in [-0.05, 0) is 42.7 Å². The zero-order chi connectivity index (χ0) is 33.8. The molecule has 0 bridgehead atoms. The van der Waals surface area contributed by atoms with Gasteiger partial charge in [-0.3, -0.25) is 14.4 Å². The van der Waals surface area contributed by atoms with Crippen molar-refractivity contribution < 1.29 is 29.0 Å². The molecule has 0 spiro atoms. The number of phenols is 1.